The minimum atomic E-state index is 0.852. The molecule has 1 aliphatic heterocycles. The van der Waals surface area contributed by atoms with Crippen LogP contribution in [0.4, 0.5) is 0 Å². The van der Waals surface area contributed by atoms with E-state index in [1.54, 1.807) is 5.57 Å². The normalized spacial score (nSPS) is 20.5. The molecule has 0 N–H and O–H groups in total. The van der Waals surface area contributed by atoms with E-state index in [4.69, 9.17) is 0 Å². The molecule has 0 unspecified atom stereocenters. The van der Waals surface area contributed by atoms with E-state index in [-0.39, 0.29) is 0 Å². The number of aryl methyl sites for hydroxylation is 1. The molecule has 0 atom stereocenters. The first-order valence-electron chi connectivity index (χ1n) is 8.45. The molecular weight excluding hydrogens is 254 g/mol. The molecule has 1 saturated heterocycles. The van der Waals surface area contributed by atoms with Gasteiger partial charge in [0.05, 0.1) is 0 Å². The fourth-order valence-electron chi connectivity index (χ4n) is 3.53. The third-order valence-corrected chi connectivity index (χ3v) is 5.00. The molecule has 1 aliphatic carbocycles. The van der Waals surface area contributed by atoms with Gasteiger partial charge in [0, 0.05) is 6.54 Å². The van der Waals surface area contributed by atoms with Gasteiger partial charge in [-0.05, 0) is 63.6 Å². The lowest BCUT2D eigenvalue weighted by Crippen LogP contribution is -2.35. The first-order valence-corrected chi connectivity index (χ1v) is 8.45. The van der Waals surface area contributed by atoms with Crippen LogP contribution >= 0.6 is 0 Å². The van der Waals surface area contributed by atoms with Gasteiger partial charge >= 0.3 is 0 Å². The maximum atomic E-state index is 2.65. The standard InChI is InChI=1S/C20H27N/c1-17-7-9-18(10-8-17)11-14-21-15-12-20(13-16-21)19-5-3-2-4-6-19/h2-3,5,7-10,20H,4,6,11-16H2,1H3. The Morgan fingerprint density at radius 3 is 2.52 bits per heavy atom. The van der Waals surface area contributed by atoms with Gasteiger partial charge in [-0.1, -0.05) is 53.6 Å². The van der Waals surface area contributed by atoms with Crippen molar-refractivity contribution in [3.63, 3.8) is 0 Å². The minimum Gasteiger partial charge on any atom is -0.303 e. The van der Waals surface area contributed by atoms with E-state index in [1.807, 2.05) is 0 Å². The van der Waals surface area contributed by atoms with Gasteiger partial charge < -0.3 is 4.90 Å². The fourth-order valence-corrected chi connectivity index (χ4v) is 3.53. The maximum absolute atomic E-state index is 2.65. The molecule has 0 bridgehead atoms. The van der Waals surface area contributed by atoms with E-state index in [1.165, 1.54) is 62.9 Å². The second-order valence-corrected chi connectivity index (χ2v) is 6.56. The van der Waals surface area contributed by atoms with E-state index in [2.05, 4.69) is 54.3 Å². The number of rotatable bonds is 4. The number of hydrogen-bond acceptors (Lipinski definition) is 1. The second kappa shape index (κ2) is 7.09. The highest BCUT2D eigenvalue weighted by Gasteiger charge is 2.21. The van der Waals surface area contributed by atoms with Crippen LogP contribution < -0.4 is 0 Å². The molecule has 2 aliphatic rings. The number of likely N-dealkylation sites (tertiary alicyclic amines) is 1. The van der Waals surface area contributed by atoms with Crippen LogP contribution in [0.5, 0.6) is 0 Å². The van der Waals surface area contributed by atoms with Crippen LogP contribution in [0, 0.1) is 12.8 Å². The van der Waals surface area contributed by atoms with Crippen LogP contribution in [0.3, 0.4) is 0 Å². The Kier molecular flexibility index (Phi) is 4.92. The monoisotopic (exact) mass is 281 g/mol. The van der Waals surface area contributed by atoms with Gasteiger partial charge in [-0.15, -0.1) is 0 Å². The number of hydrogen-bond donors (Lipinski definition) is 0. The van der Waals surface area contributed by atoms with E-state index in [0.717, 1.165) is 5.92 Å². The van der Waals surface area contributed by atoms with Gasteiger partial charge in [0.15, 0.2) is 0 Å². The summed E-state index contributed by atoms with van der Waals surface area (Å²) in [5.74, 6) is 0.852. The zero-order chi connectivity index (χ0) is 14.5. The Morgan fingerprint density at radius 2 is 1.86 bits per heavy atom. The lowest BCUT2D eigenvalue weighted by atomic mass is 9.85. The highest BCUT2D eigenvalue weighted by Crippen LogP contribution is 2.29. The van der Waals surface area contributed by atoms with Crippen molar-refractivity contribution in [1.82, 2.24) is 4.90 Å². The van der Waals surface area contributed by atoms with Crippen molar-refractivity contribution in [3.8, 4) is 0 Å². The zero-order valence-corrected chi connectivity index (χ0v) is 13.2. The molecule has 21 heavy (non-hydrogen) atoms. The molecule has 1 aromatic carbocycles. The molecule has 3 rings (SSSR count). The summed E-state index contributed by atoms with van der Waals surface area (Å²) in [5.41, 5.74) is 4.54. The Labute approximate surface area is 129 Å². The van der Waals surface area contributed by atoms with Crippen molar-refractivity contribution in [3.05, 3.63) is 59.2 Å². The predicted molar refractivity (Wildman–Crippen MR) is 90.5 cm³/mol. The van der Waals surface area contributed by atoms with Gasteiger partial charge in [-0.25, -0.2) is 0 Å². The topological polar surface area (TPSA) is 3.24 Å². The lowest BCUT2D eigenvalue weighted by molar-refractivity contribution is 0.199. The number of piperidine rings is 1. The summed E-state index contributed by atoms with van der Waals surface area (Å²) in [6, 6.07) is 9.01. The quantitative estimate of drug-likeness (QED) is 0.784. The van der Waals surface area contributed by atoms with E-state index in [0.29, 0.717) is 0 Å². The first-order chi connectivity index (χ1) is 10.3. The first kappa shape index (κ1) is 14.6. The molecule has 1 heterocycles. The summed E-state index contributed by atoms with van der Waals surface area (Å²) >= 11 is 0. The Bertz CT molecular complexity index is 501. The predicted octanol–water partition coefficient (Wildman–Crippen LogP) is 4.53. The Hall–Kier alpha value is -1.34. The van der Waals surface area contributed by atoms with Crippen LogP contribution in [0.1, 0.15) is 36.8 Å². The Balaban J connectivity index is 1.44. The highest BCUT2D eigenvalue weighted by atomic mass is 15.1. The summed E-state index contributed by atoms with van der Waals surface area (Å²) in [7, 11) is 0. The van der Waals surface area contributed by atoms with Crippen molar-refractivity contribution < 1.29 is 0 Å². The van der Waals surface area contributed by atoms with Crippen molar-refractivity contribution in [2.75, 3.05) is 19.6 Å². The van der Waals surface area contributed by atoms with Crippen molar-refractivity contribution in [2.24, 2.45) is 5.92 Å². The Morgan fingerprint density at radius 1 is 1.10 bits per heavy atom. The smallest absolute Gasteiger partial charge is 0.00218 e. The molecular formula is C20H27N. The van der Waals surface area contributed by atoms with Crippen molar-refractivity contribution >= 4 is 0 Å². The van der Waals surface area contributed by atoms with Crippen LogP contribution in [-0.4, -0.2) is 24.5 Å². The zero-order valence-electron chi connectivity index (χ0n) is 13.2. The third-order valence-electron chi connectivity index (χ3n) is 5.00. The van der Waals surface area contributed by atoms with Gasteiger partial charge in [-0.2, -0.15) is 0 Å². The average molecular weight is 281 g/mol. The fraction of sp³-hybridized carbons (Fsp3) is 0.500. The third kappa shape index (κ3) is 4.07. The summed E-state index contributed by atoms with van der Waals surface area (Å²) in [6.07, 6.45) is 13.4. The van der Waals surface area contributed by atoms with E-state index < -0.39 is 0 Å². The largest absolute Gasteiger partial charge is 0.303 e. The van der Waals surface area contributed by atoms with Crippen LogP contribution in [0.15, 0.2) is 48.1 Å². The highest BCUT2D eigenvalue weighted by molar-refractivity contribution is 5.22. The molecule has 1 nitrogen and oxygen atoms in total. The minimum absolute atomic E-state index is 0.852. The van der Waals surface area contributed by atoms with E-state index in [9.17, 15) is 0 Å². The molecule has 1 fully saturated rings. The molecule has 0 radical (unpaired) electrons. The second-order valence-electron chi connectivity index (χ2n) is 6.56. The molecule has 0 amide bonds. The van der Waals surface area contributed by atoms with Crippen molar-refractivity contribution in [2.45, 2.75) is 39.0 Å². The number of allylic oxidation sites excluding steroid dienone is 4. The summed E-state index contributed by atoms with van der Waals surface area (Å²) in [5, 5.41) is 0. The van der Waals surface area contributed by atoms with Crippen LogP contribution in [0.2, 0.25) is 0 Å². The van der Waals surface area contributed by atoms with Gasteiger partial charge in [0.2, 0.25) is 0 Å². The molecule has 1 aromatic rings. The number of benzene rings is 1. The summed E-state index contributed by atoms with van der Waals surface area (Å²) < 4.78 is 0. The molecule has 112 valence electrons. The van der Waals surface area contributed by atoms with Gasteiger partial charge in [-0.3, -0.25) is 0 Å². The van der Waals surface area contributed by atoms with Crippen LogP contribution in [-0.2, 0) is 6.42 Å². The average Bonchev–Trinajstić information content (AvgIpc) is 2.56. The molecule has 1 heteroatoms. The SMILES string of the molecule is Cc1ccc(CCN2CCC(C3=CC=CCC3)CC2)cc1. The van der Waals surface area contributed by atoms with Gasteiger partial charge in [0.25, 0.3) is 0 Å². The molecule has 0 aromatic heterocycles. The van der Waals surface area contributed by atoms with E-state index >= 15 is 0 Å². The number of nitrogens with zero attached hydrogens (tertiary/aromatic N) is 1. The van der Waals surface area contributed by atoms with Crippen molar-refractivity contribution in [1.29, 1.82) is 0 Å². The molecule has 0 spiro atoms. The van der Waals surface area contributed by atoms with Gasteiger partial charge in [0.1, 0.15) is 0 Å². The maximum Gasteiger partial charge on any atom is 0.00218 e. The molecule has 0 saturated carbocycles. The lowest BCUT2D eigenvalue weighted by Gasteiger charge is -2.33. The summed E-state index contributed by atoms with van der Waals surface area (Å²) in [4.78, 5) is 2.65. The van der Waals surface area contributed by atoms with Crippen LogP contribution in [0.25, 0.3) is 0 Å². The summed E-state index contributed by atoms with van der Waals surface area (Å²) in [6.45, 7) is 5.92.